The van der Waals surface area contributed by atoms with Crippen molar-refractivity contribution in [3.63, 3.8) is 0 Å². The molecule has 2 rings (SSSR count). The zero-order valence-electron chi connectivity index (χ0n) is 10.6. The highest BCUT2D eigenvalue weighted by Crippen LogP contribution is 2.20. The fourth-order valence-corrected chi connectivity index (χ4v) is 1.67. The minimum atomic E-state index is -1.12. The zero-order chi connectivity index (χ0) is 13.0. The summed E-state index contributed by atoms with van der Waals surface area (Å²) < 4.78 is 0. The lowest BCUT2D eigenvalue weighted by Gasteiger charge is -2.16. The Kier molecular flexibility index (Phi) is 3.50. The Morgan fingerprint density at radius 3 is 2.17 bits per heavy atom. The molecule has 0 aliphatic carbocycles. The average molecular weight is 236 g/mol. The molecule has 0 saturated carbocycles. The molecule has 1 N–H and O–H groups in total. The van der Waals surface area contributed by atoms with E-state index in [0.29, 0.717) is 0 Å². The third-order valence-corrected chi connectivity index (χ3v) is 2.84. The van der Waals surface area contributed by atoms with Crippen LogP contribution < -0.4 is 0 Å². The largest absolute Gasteiger partial charge is 0.374 e. The highest BCUT2D eigenvalue weighted by molar-refractivity contribution is 5.39. The normalized spacial score (nSPS) is 13.3. The van der Waals surface area contributed by atoms with E-state index in [9.17, 15) is 5.11 Å². The van der Waals surface area contributed by atoms with E-state index in [1.54, 1.807) is 6.92 Å². The summed E-state index contributed by atoms with van der Waals surface area (Å²) in [5.74, 6) is 5.91. The van der Waals surface area contributed by atoms with E-state index in [2.05, 4.69) is 11.8 Å². The second kappa shape index (κ2) is 5.08. The summed E-state index contributed by atoms with van der Waals surface area (Å²) in [6.45, 7) is 3.74. The van der Waals surface area contributed by atoms with Crippen molar-refractivity contribution in [1.29, 1.82) is 0 Å². The van der Waals surface area contributed by atoms with Crippen LogP contribution in [0.4, 0.5) is 0 Å². The lowest BCUT2D eigenvalue weighted by atomic mass is 9.95. The van der Waals surface area contributed by atoms with Crippen LogP contribution in [-0.4, -0.2) is 5.11 Å². The van der Waals surface area contributed by atoms with Gasteiger partial charge in [-0.05, 0) is 31.5 Å². The van der Waals surface area contributed by atoms with Crippen LogP contribution in [0.5, 0.6) is 0 Å². The third kappa shape index (κ3) is 3.00. The summed E-state index contributed by atoms with van der Waals surface area (Å²) in [7, 11) is 0. The molecule has 0 bridgehead atoms. The van der Waals surface area contributed by atoms with E-state index in [4.69, 9.17) is 0 Å². The minimum absolute atomic E-state index is 0.816. The molecule has 0 heterocycles. The molecule has 0 unspecified atom stereocenters. The molecule has 18 heavy (non-hydrogen) atoms. The van der Waals surface area contributed by atoms with Gasteiger partial charge >= 0.3 is 0 Å². The van der Waals surface area contributed by atoms with Gasteiger partial charge < -0.3 is 5.11 Å². The van der Waals surface area contributed by atoms with E-state index < -0.39 is 5.60 Å². The standard InChI is InChI=1S/C17H16O/c1-14-8-10-16(11-9-14)17(2,18)13-12-15-6-4-3-5-7-15/h3-11,18H,1-2H3/t17-/m1/s1. The van der Waals surface area contributed by atoms with Crippen molar-refractivity contribution >= 4 is 0 Å². The maximum absolute atomic E-state index is 10.4. The van der Waals surface area contributed by atoms with Crippen LogP contribution >= 0.6 is 0 Å². The molecule has 0 saturated heterocycles. The maximum atomic E-state index is 10.4. The lowest BCUT2D eigenvalue weighted by Crippen LogP contribution is -2.18. The first-order valence-corrected chi connectivity index (χ1v) is 5.96. The Morgan fingerprint density at radius 2 is 1.56 bits per heavy atom. The van der Waals surface area contributed by atoms with Crippen LogP contribution in [0.3, 0.4) is 0 Å². The summed E-state index contributed by atoms with van der Waals surface area (Å²) in [5.41, 5.74) is 1.77. The number of hydrogen-bond donors (Lipinski definition) is 1. The van der Waals surface area contributed by atoms with Gasteiger partial charge in [0.15, 0.2) is 0 Å². The Balaban J connectivity index is 2.27. The average Bonchev–Trinajstić information content (AvgIpc) is 2.38. The van der Waals surface area contributed by atoms with Gasteiger partial charge in [0.1, 0.15) is 5.60 Å². The smallest absolute Gasteiger partial charge is 0.148 e. The van der Waals surface area contributed by atoms with Crippen LogP contribution in [0, 0.1) is 18.8 Å². The number of aryl methyl sites for hydroxylation is 1. The first-order valence-electron chi connectivity index (χ1n) is 5.96. The summed E-state index contributed by atoms with van der Waals surface area (Å²) in [4.78, 5) is 0. The highest BCUT2D eigenvalue weighted by Gasteiger charge is 2.19. The predicted molar refractivity (Wildman–Crippen MR) is 74.1 cm³/mol. The quantitative estimate of drug-likeness (QED) is 0.753. The molecule has 0 amide bonds. The van der Waals surface area contributed by atoms with Crippen molar-refractivity contribution in [2.24, 2.45) is 0 Å². The van der Waals surface area contributed by atoms with Gasteiger partial charge in [-0.15, -0.1) is 0 Å². The molecule has 0 radical (unpaired) electrons. The predicted octanol–water partition coefficient (Wildman–Crippen LogP) is 3.25. The van der Waals surface area contributed by atoms with Gasteiger partial charge in [0.05, 0.1) is 0 Å². The van der Waals surface area contributed by atoms with Crippen molar-refractivity contribution in [1.82, 2.24) is 0 Å². The molecule has 0 fully saturated rings. The molecule has 1 heteroatoms. The Bertz CT molecular complexity index is 569. The molecule has 2 aromatic rings. The summed E-state index contributed by atoms with van der Waals surface area (Å²) in [6.07, 6.45) is 0. The molecule has 0 aromatic heterocycles. The lowest BCUT2D eigenvalue weighted by molar-refractivity contribution is 0.122. The number of benzene rings is 2. The fraction of sp³-hybridized carbons (Fsp3) is 0.176. The topological polar surface area (TPSA) is 20.2 Å². The van der Waals surface area contributed by atoms with Crippen LogP contribution in [0.2, 0.25) is 0 Å². The van der Waals surface area contributed by atoms with Crippen molar-refractivity contribution in [2.45, 2.75) is 19.4 Å². The first-order chi connectivity index (χ1) is 8.58. The molecule has 2 aromatic carbocycles. The molecular weight excluding hydrogens is 220 g/mol. The van der Waals surface area contributed by atoms with Crippen LogP contribution in [0.1, 0.15) is 23.6 Å². The van der Waals surface area contributed by atoms with E-state index >= 15 is 0 Å². The van der Waals surface area contributed by atoms with Gasteiger partial charge in [-0.2, -0.15) is 0 Å². The van der Waals surface area contributed by atoms with Crippen molar-refractivity contribution < 1.29 is 5.11 Å². The van der Waals surface area contributed by atoms with Crippen LogP contribution in [-0.2, 0) is 5.60 Å². The molecule has 0 aliphatic heterocycles. The molecule has 0 aliphatic rings. The van der Waals surface area contributed by atoms with E-state index in [1.807, 2.05) is 61.5 Å². The van der Waals surface area contributed by atoms with E-state index in [1.165, 1.54) is 5.56 Å². The summed E-state index contributed by atoms with van der Waals surface area (Å²) in [6, 6.07) is 17.5. The molecule has 90 valence electrons. The third-order valence-electron chi connectivity index (χ3n) is 2.84. The highest BCUT2D eigenvalue weighted by atomic mass is 16.3. The van der Waals surface area contributed by atoms with Gasteiger partial charge in [-0.25, -0.2) is 0 Å². The first kappa shape index (κ1) is 12.4. The minimum Gasteiger partial charge on any atom is -0.374 e. The SMILES string of the molecule is Cc1ccc([C@](C)(O)C#Cc2ccccc2)cc1. The van der Waals surface area contributed by atoms with Gasteiger partial charge in [0.2, 0.25) is 0 Å². The molecule has 1 atom stereocenters. The van der Waals surface area contributed by atoms with Crippen molar-refractivity contribution in [3.8, 4) is 11.8 Å². The van der Waals surface area contributed by atoms with Crippen molar-refractivity contribution in [3.05, 3.63) is 71.3 Å². The van der Waals surface area contributed by atoms with Crippen LogP contribution in [0.25, 0.3) is 0 Å². The number of aliphatic hydroxyl groups is 1. The Morgan fingerprint density at radius 1 is 0.944 bits per heavy atom. The van der Waals surface area contributed by atoms with E-state index in [-0.39, 0.29) is 0 Å². The maximum Gasteiger partial charge on any atom is 0.148 e. The number of hydrogen-bond acceptors (Lipinski definition) is 1. The Hall–Kier alpha value is -2.04. The van der Waals surface area contributed by atoms with Gasteiger partial charge in [-0.3, -0.25) is 0 Å². The monoisotopic (exact) mass is 236 g/mol. The summed E-state index contributed by atoms with van der Waals surface area (Å²) >= 11 is 0. The summed E-state index contributed by atoms with van der Waals surface area (Å²) in [5, 5.41) is 10.4. The molecular formula is C17H16O. The molecule has 1 nitrogen and oxygen atoms in total. The zero-order valence-corrected chi connectivity index (χ0v) is 10.6. The Labute approximate surface area is 108 Å². The van der Waals surface area contributed by atoms with Crippen molar-refractivity contribution in [2.75, 3.05) is 0 Å². The second-order valence-electron chi connectivity index (χ2n) is 4.55. The number of rotatable bonds is 1. The van der Waals surface area contributed by atoms with E-state index in [0.717, 1.165) is 11.1 Å². The fourth-order valence-electron chi connectivity index (χ4n) is 1.67. The molecule has 0 spiro atoms. The van der Waals surface area contributed by atoms with Gasteiger partial charge in [-0.1, -0.05) is 59.9 Å². The van der Waals surface area contributed by atoms with Gasteiger partial charge in [0, 0.05) is 5.56 Å². The van der Waals surface area contributed by atoms with Gasteiger partial charge in [0.25, 0.3) is 0 Å². The van der Waals surface area contributed by atoms with Crippen LogP contribution in [0.15, 0.2) is 54.6 Å². The second-order valence-corrected chi connectivity index (χ2v) is 4.55.